The maximum absolute atomic E-state index is 13.8. The van der Waals surface area contributed by atoms with Gasteiger partial charge in [-0.3, -0.25) is 4.79 Å². The van der Waals surface area contributed by atoms with Crippen LogP contribution in [0.5, 0.6) is 0 Å². The molecule has 4 aromatic rings. The molecule has 40 heavy (non-hydrogen) atoms. The lowest BCUT2D eigenvalue weighted by atomic mass is 9.83. The van der Waals surface area contributed by atoms with Crippen LogP contribution in [0.25, 0.3) is 10.9 Å². The van der Waals surface area contributed by atoms with Gasteiger partial charge in [0.2, 0.25) is 5.91 Å². The van der Waals surface area contributed by atoms with Gasteiger partial charge >= 0.3 is 0 Å². The number of amides is 1. The summed E-state index contributed by atoms with van der Waals surface area (Å²) in [6, 6.07) is 22.9. The molecule has 6 rings (SSSR count). The normalized spacial score (nSPS) is 17.1. The minimum Gasteiger partial charge on any atom is -0.394 e. The Morgan fingerprint density at radius 3 is 2.38 bits per heavy atom. The molecule has 2 aliphatic carbocycles. The fourth-order valence-electron chi connectivity index (χ4n) is 7.46. The van der Waals surface area contributed by atoms with Crippen LogP contribution in [0, 0.1) is 19.8 Å². The van der Waals surface area contributed by atoms with Crippen LogP contribution in [0.2, 0.25) is 0 Å². The summed E-state index contributed by atoms with van der Waals surface area (Å²) in [5.41, 5.74) is 10.4. The Kier molecular flexibility index (Phi) is 7.80. The van der Waals surface area contributed by atoms with E-state index < -0.39 is 6.04 Å². The zero-order valence-corrected chi connectivity index (χ0v) is 24.0. The number of hydrogen-bond donors (Lipinski definition) is 2. The minimum absolute atomic E-state index is 0.0268. The van der Waals surface area contributed by atoms with E-state index in [0.717, 1.165) is 36.9 Å². The summed E-state index contributed by atoms with van der Waals surface area (Å²) in [7, 11) is 0. The number of aromatic nitrogens is 1. The molecule has 4 heteroatoms. The number of hydrogen-bond acceptors (Lipinski definition) is 2. The molecule has 3 aromatic carbocycles. The zero-order valence-electron chi connectivity index (χ0n) is 24.0. The highest BCUT2D eigenvalue weighted by molar-refractivity contribution is 5.89. The topological polar surface area (TPSA) is 54.3 Å². The van der Waals surface area contributed by atoms with Gasteiger partial charge in [0, 0.05) is 23.1 Å². The number of carbonyl (C=O) groups excluding carboxylic acids is 1. The fourth-order valence-corrected chi connectivity index (χ4v) is 7.46. The van der Waals surface area contributed by atoms with E-state index in [1.807, 2.05) is 30.3 Å². The summed E-state index contributed by atoms with van der Waals surface area (Å²) < 4.78 is 2.56. The molecule has 2 aliphatic rings. The molecule has 208 valence electrons. The monoisotopic (exact) mass is 534 g/mol. The summed E-state index contributed by atoms with van der Waals surface area (Å²) in [5, 5.41) is 14.7. The van der Waals surface area contributed by atoms with E-state index in [1.54, 1.807) is 5.56 Å². The Morgan fingerprint density at radius 2 is 1.65 bits per heavy atom. The average molecular weight is 535 g/mol. The second-order valence-electron chi connectivity index (χ2n) is 12.1. The third kappa shape index (κ3) is 5.22. The number of aliphatic hydroxyl groups excluding tert-OH is 1. The van der Waals surface area contributed by atoms with Crippen LogP contribution in [0.3, 0.4) is 0 Å². The number of fused-ring (bicyclic) bond motifs is 3. The number of rotatable bonds is 8. The molecule has 0 spiro atoms. The smallest absolute Gasteiger partial charge is 0.228 e. The summed E-state index contributed by atoms with van der Waals surface area (Å²) in [4.78, 5) is 13.8. The molecule has 1 amide bonds. The van der Waals surface area contributed by atoms with Crippen molar-refractivity contribution in [2.24, 2.45) is 5.92 Å². The lowest BCUT2D eigenvalue weighted by Crippen LogP contribution is -2.37. The first kappa shape index (κ1) is 26.8. The summed E-state index contributed by atoms with van der Waals surface area (Å²) in [6.45, 7) is 5.21. The van der Waals surface area contributed by atoms with Crippen molar-refractivity contribution in [1.82, 2.24) is 9.88 Å². The molecule has 4 nitrogen and oxygen atoms in total. The molecular weight excluding hydrogens is 492 g/mol. The van der Waals surface area contributed by atoms with Gasteiger partial charge in [0.1, 0.15) is 0 Å². The van der Waals surface area contributed by atoms with Gasteiger partial charge in [0.15, 0.2) is 0 Å². The Balaban J connectivity index is 1.28. The molecule has 0 radical (unpaired) electrons. The highest BCUT2D eigenvalue weighted by Crippen LogP contribution is 2.39. The van der Waals surface area contributed by atoms with Crippen molar-refractivity contribution in [2.75, 3.05) is 6.61 Å². The van der Waals surface area contributed by atoms with Gasteiger partial charge in [0.25, 0.3) is 0 Å². The van der Waals surface area contributed by atoms with Crippen molar-refractivity contribution in [3.63, 3.8) is 0 Å². The molecule has 1 aromatic heterocycles. The number of nitrogens with one attached hydrogen (secondary N) is 1. The van der Waals surface area contributed by atoms with E-state index in [1.165, 1.54) is 65.4 Å². The molecule has 2 atom stereocenters. The molecular formula is C36H42N2O2. The van der Waals surface area contributed by atoms with Gasteiger partial charge in [-0.1, -0.05) is 73.5 Å². The summed E-state index contributed by atoms with van der Waals surface area (Å²) in [6.07, 6.45) is 9.38. The van der Waals surface area contributed by atoms with Crippen molar-refractivity contribution in [2.45, 2.75) is 83.7 Å². The van der Waals surface area contributed by atoms with Gasteiger partial charge in [-0.25, -0.2) is 0 Å². The predicted octanol–water partition coefficient (Wildman–Crippen LogP) is 7.31. The molecule has 1 saturated carbocycles. The van der Waals surface area contributed by atoms with E-state index in [9.17, 15) is 9.90 Å². The van der Waals surface area contributed by atoms with Crippen molar-refractivity contribution in [3.05, 3.63) is 106 Å². The van der Waals surface area contributed by atoms with E-state index in [0.29, 0.717) is 5.92 Å². The summed E-state index contributed by atoms with van der Waals surface area (Å²) in [5.74, 6) is 0.172. The Labute approximate surface area is 238 Å². The number of benzene rings is 3. The van der Waals surface area contributed by atoms with Crippen LogP contribution in [0.15, 0.2) is 66.7 Å². The van der Waals surface area contributed by atoms with Gasteiger partial charge in [0.05, 0.1) is 18.6 Å². The fraction of sp³-hybridized carbons (Fsp3) is 0.417. The van der Waals surface area contributed by atoms with Crippen LogP contribution in [0.4, 0.5) is 0 Å². The van der Waals surface area contributed by atoms with Gasteiger partial charge < -0.3 is 15.0 Å². The maximum Gasteiger partial charge on any atom is 0.228 e. The van der Waals surface area contributed by atoms with E-state index in [-0.39, 0.29) is 18.4 Å². The summed E-state index contributed by atoms with van der Waals surface area (Å²) >= 11 is 0. The Hall–Kier alpha value is -3.37. The third-order valence-electron chi connectivity index (χ3n) is 9.35. The van der Waals surface area contributed by atoms with Crippen LogP contribution >= 0.6 is 0 Å². The van der Waals surface area contributed by atoms with Crippen LogP contribution in [-0.4, -0.2) is 22.2 Å². The van der Waals surface area contributed by atoms with E-state index in [4.69, 9.17) is 0 Å². The molecule has 2 N–H and O–H groups in total. The van der Waals surface area contributed by atoms with E-state index in [2.05, 4.69) is 60.1 Å². The van der Waals surface area contributed by atoms with Gasteiger partial charge in [-0.05, 0) is 97.7 Å². The highest BCUT2D eigenvalue weighted by atomic mass is 16.3. The lowest BCUT2D eigenvalue weighted by Gasteiger charge is -2.26. The first-order chi connectivity index (χ1) is 19.5. The van der Waals surface area contributed by atoms with Crippen LogP contribution in [-0.2, 0) is 24.2 Å². The molecule has 2 unspecified atom stereocenters. The van der Waals surface area contributed by atoms with Crippen LogP contribution in [0.1, 0.15) is 89.6 Å². The molecule has 0 aliphatic heterocycles. The highest BCUT2D eigenvalue weighted by Gasteiger charge is 2.33. The molecule has 1 fully saturated rings. The minimum atomic E-state index is -0.392. The maximum atomic E-state index is 13.8. The second kappa shape index (κ2) is 11.6. The largest absolute Gasteiger partial charge is 0.394 e. The SMILES string of the molecule is Cc1cc(C)c2c3c(n(Cc4ccc(C(C(=O)NC(CO)c5ccccc5)C5CCCC5)cc4)c2c1)CCCC3. The van der Waals surface area contributed by atoms with Crippen LogP contribution < -0.4 is 5.32 Å². The van der Waals surface area contributed by atoms with Gasteiger partial charge in [-0.15, -0.1) is 0 Å². The predicted molar refractivity (Wildman–Crippen MR) is 163 cm³/mol. The number of aliphatic hydroxyl groups is 1. The van der Waals surface area contributed by atoms with E-state index >= 15 is 0 Å². The third-order valence-corrected chi connectivity index (χ3v) is 9.35. The standard InChI is InChI=1S/C36H42N2O2/c1-24-20-25(2)34-30-14-8-9-15-32(30)38(33(34)21-24)22-26-16-18-29(19-17-26)35(28-12-6-7-13-28)36(40)37-31(23-39)27-10-4-3-5-11-27/h3-5,10-11,16-21,28,31,35,39H,6-9,12-15,22-23H2,1-2H3,(H,37,40). The second-order valence-corrected chi connectivity index (χ2v) is 12.1. The van der Waals surface area contributed by atoms with Crippen molar-refractivity contribution < 1.29 is 9.90 Å². The Bertz CT molecular complexity index is 1480. The molecule has 0 bridgehead atoms. The number of carbonyl (C=O) groups is 1. The first-order valence-electron chi connectivity index (χ1n) is 15.2. The quantitative estimate of drug-likeness (QED) is 0.249. The Morgan fingerprint density at radius 1 is 0.925 bits per heavy atom. The lowest BCUT2D eigenvalue weighted by molar-refractivity contribution is -0.124. The zero-order chi connectivity index (χ0) is 27.6. The van der Waals surface area contributed by atoms with Gasteiger partial charge in [-0.2, -0.15) is 0 Å². The average Bonchev–Trinajstić information content (AvgIpc) is 3.60. The van der Waals surface area contributed by atoms with Crippen molar-refractivity contribution >= 4 is 16.8 Å². The first-order valence-corrected chi connectivity index (χ1v) is 15.2. The molecule has 1 heterocycles. The van der Waals surface area contributed by atoms with Crippen molar-refractivity contribution in [1.29, 1.82) is 0 Å². The number of nitrogens with zero attached hydrogens (tertiary/aromatic N) is 1. The molecule has 0 saturated heterocycles. The van der Waals surface area contributed by atoms with Crippen molar-refractivity contribution in [3.8, 4) is 0 Å². The number of aryl methyl sites for hydroxylation is 3.